The summed E-state index contributed by atoms with van der Waals surface area (Å²) in [6.07, 6.45) is 0.0196. The molecule has 1 aliphatic rings. The van der Waals surface area contributed by atoms with E-state index in [1.807, 2.05) is 0 Å². The lowest BCUT2D eigenvalue weighted by Crippen LogP contribution is -2.53. The average Bonchev–Trinajstić information content (AvgIpc) is 1.97. The van der Waals surface area contributed by atoms with Gasteiger partial charge in [-0.25, -0.2) is 8.42 Å². The molecule has 1 aliphatic heterocycles. The Morgan fingerprint density at radius 1 is 1.36 bits per heavy atom. The van der Waals surface area contributed by atoms with Crippen molar-refractivity contribution in [3.63, 3.8) is 0 Å². The molecule has 0 aromatic heterocycles. The first-order valence-electron chi connectivity index (χ1n) is 4.56. The fourth-order valence-corrected chi connectivity index (χ4v) is 3.40. The maximum Gasteiger partial charge on any atom is 0.161 e. The molecule has 4 nitrogen and oxygen atoms in total. The number of carbonyl (C=O) groups excluding carboxylic acids is 1. The van der Waals surface area contributed by atoms with Crippen LogP contribution in [-0.4, -0.2) is 35.4 Å². The topological polar surface area (TPSA) is 71.4 Å². The summed E-state index contributed by atoms with van der Waals surface area (Å²) in [4.78, 5) is 11.2. The Hall–Kier alpha value is -0.420. The SMILES string of the molecule is CC(=O)C1(O)CCS(=O)(=O)C(C)(C)C1. The number of rotatable bonds is 1. The number of aliphatic hydroxyl groups is 1. The quantitative estimate of drug-likeness (QED) is 0.689. The van der Waals surface area contributed by atoms with Crippen molar-refractivity contribution in [1.82, 2.24) is 0 Å². The molecule has 0 bridgehead atoms. The second-order valence-electron chi connectivity index (χ2n) is 4.59. The van der Waals surface area contributed by atoms with Crippen LogP contribution in [-0.2, 0) is 14.6 Å². The van der Waals surface area contributed by atoms with E-state index in [-0.39, 0.29) is 24.4 Å². The molecule has 0 aromatic rings. The zero-order valence-electron chi connectivity index (χ0n) is 8.70. The Bertz CT molecular complexity index is 355. The summed E-state index contributed by atoms with van der Waals surface area (Å²) in [5.41, 5.74) is -1.45. The van der Waals surface area contributed by atoms with Crippen LogP contribution in [0.1, 0.15) is 33.6 Å². The summed E-state index contributed by atoms with van der Waals surface area (Å²) in [5, 5.41) is 9.90. The fraction of sp³-hybridized carbons (Fsp3) is 0.889. The number of carbonyl (C=O) groups is 1. The first-order valence-corrected chi connectivity index (χ1v) is 6.22. The molecule has 1 heterocycles. The number of hydrogen-bond donors (Lipinski definition) is 1. The van der Waals surface area contributed by atoms with E-state index in [4.69, 9.17) is 0 Å². The third-order valence-corrected chi connectivity index (χ3v) is 5.57. The lowest BCUT2D eigenvalue weighted by molar-refractivity contribution is -0.137. The Balaban J connectivity index is 3.05. The minimum absolute atomic E-state index is 0.00231. The van der Waals surface area contributed by atoms with Crippen molar-refractivity contribution in [3.05, 3.63) is 0 Å². The van der Waals surface area contributed by atoms with Crippen molar-refractivity contribution in [1.29, 1.82) is 0 Å². The highest BCUT2D eigenvalue weighted by Crippen LogP contribution is 2.36. The maximum atomic E-state index is 11.6. The van der Waals surface area contributed by atoms with Gasteiger partial charge in [-0.3, -0.25) is 4.79 Å². The normalized spacial score (nSPS) is 35.1. The summed E-state index contributed by atoms with van der Waals surface area (Å²) in [6, 6.07) is 0. The van der Waals surface area contributed by atoms with Crippen LogP contribution in [0.15, 0.2) is 0 Å². The van der Waals surface area contributed by atoms with Crippen LogP contribution in [0.5, 0.6) is 0 Å². The van der Waals surface area contributed by atoms with Crippen LogP contribution in [0.2, 0.25) is 0 Å². The van der Waals surface area contributed by atoms with E-state index in [0.29, 0.717) is 0 Å². The largest absolute Gasteiger partial charge is 0.382 e. The second kappa shape index (κ2) is 3.03. The highest BCUT2D eigenvalue weighted by atomic mass is 32.2. The monoisotopic (exact) mass is 220 g/mol. The smallest absolute Gasteiger partial charge is 0.161 e. The Labute approximate surface area is 84.2 Å². The number of ketones is 1. The average molecular weight is 220 g/mol. The minimum Gasteiger partial charge on any atom is -0.382 e. The highest BCUT2D eigenvalue weighted by Gasteiger charge is 2.49. The van der Waals surface area contributed by atoms with Crippen molar-refractivity contribution in [2.24, 2.45) is 0 Å². The van der Waals surface area contributed by atoms with Gasteiger partial charge < -0.3 is 5.11 Å². The van der Waals surface area contributed by atoms with Gasteiger partial charge in [-0.15, -0.1) is 0 Å². The first-order chi connectivity index (χ1) is 6.11. The van der Waals surface area contributed by atoms with Crippen molar-refractivity contribution >= 4 is 15.6 Å². The molecule has 1 fully saturated rings. The van der Waals surface area contributed by atoms with Crippen LogP contribution in [0.4, 0.5) is 0 Å². The predicted octanol–water partition coefficient (Wildman–Crippen LogP) is 0.294. The predicted molar refractivity (Wildman–Crippen MR) is 52.7 cm³/mol. The van der Waals surface area contributed by atoms with Crippen LogP contribution >= 0.6 is 0 Å². The van der Waals surface area contributed by atoms with E-state index < -0.39 is 20.2 Å². The summed E-state index contributed by atoms with van der Waals surface area (Å²) in [5.74, 6) is -0.462. The third kappa shape index (κ3) is 1.70. The van der Waals surface area contributed by atoms with Crippen LogP contribution in [0, 0.1) is 0 Å². The van der Waals surface area contributed by atoms with Gasteiger partial charge in [-0.05, 0) is 27.2 Å². The Kier molecular flexibility index (Phi) is 2.53. The van der Waals surface area contributed by atoms with Gasteiger partial charge in [0.15, 0.2) is 15.6 Å². The van der Waals surface area contributed by atoms with Crippen molar-refractivity contribution in [2.45, 2.75) is 44.0 Å². The molecule has 0 radical (unpaired) electrons. The minimum atomic E-state index is -3.18. The molecule has 0 saturated carbocycles. The van der Waals surface area contributed by atoms with E-state index in [0.717, 1.165) is 0 Å². The highest BCUT2D eigenvalue weighted by molar-refractivity contribution is 7.92. The van der Waals surface area contributed by atoms with Gasteiger partial charge in [0, 0.05) is 6.42 Å². The van der Waals surface area contributed by atoms with Gasteiger partial charge in [0.1, 0.15) is 5.60 Å². The van der Waals surface area contributed by atoms with Gasteiger partial charge in [0.2, 0.25) is 0 Å². The molecule has 5 heteroatoms. The molecule has 1 atom stereocenters. The summed E-state index contributed by atoms with van der Waals surface area (Å²) in [7, 11) is -3.18. The van der Waals surface area contributed by atoms with Crippen LogP contribution < -0.4 is 0 Å². The Morgan fingerprint density at radius 2 is 1.86 bits per heavy atom. The molecule has 0 aromatic carbocycles. The first kappa shape index (κ1) is 11.7. The van der Waals surface area contributed by atoms with E-state index in [1.165, 1.54) is 6.92 Å². The summed E-state index contributed by atoms with van der Waals surface area (Å²) < 4.78 is 22.2. The molecule has 14 heavy (non-hydrogen) atoms. The third-order valence-electron chi connectivity index (χ3n) is 3.00. The molecule has 0 spiro atoms. The molecule has 0 aliphatic carbocycles. The molecule has 1 rings (SSSR count). The number of Topliss-reactive ketones (excluding diaryl/α,β-unsaturated/α-hetero) is 1. The van der Waals surface area contributed by atoms with Gasteiger partial charge >= 0.3 is 0 Å². The molecular formula is C9H16O4S. The van der Waals surface area contributed by atoms with E-state index in [2.05, 4.69) is 0 Å². The molecule has 0 amide bonds. The maximum absolute atomic E-state index is 11.6. The van der Waals surface area contributed by atoms with Crippen molar-refractivity contribution in [2.75, 3.05) is 5.75 Å². The zero-order chi connectivity index (χ0) is 11.2. The van der Waals surface area contributed by atoms with E-state index in [1.54, 1.807) is 13.8 Å². The van der Waals surface area contributed by atoms with Crippen molar-refractivity contribution in [3.8, 4) is 0 Å². The van der Waals surface area contributed by atoms with E-state index >= 15 is 0 Å². The lowest BCUT2D eigenvalue weighted by Gasteiger charge is -2.39. The standard InChI is InChI=1S/C9H16O4S/c1-7(10)9(11)4-5-14(12,13)8(2,3)6-9/h11H,4-6H2,1-3H3. The number of sulfone groups is 1. The fourth-order valence-electron chi connectivity index (χ4n) is 1.78. The zero-order valence-corrected chi connectivity index (χ0v) is 9.52. The molecule has 82 valence electrons. The van der Waals surface area contributed by atoms with Crippen molar-refractivity contribution < 1.29 is 18.3 Å². The van der Waals surface area contributed by atoms with Gasteiger partial charge in [-0.2, -0.15) is 0 Å². The van der Waals surface area contributed by atoms with E-state index in [9.17, 15) is 18.3 Å². The van der Waals surface area contributed by atoms with Crippen LogP contribution in [0.25, 0.3) is 0 Å². The molecule has 1 saturated heterocycles. The van der Waals surface area contributed by atoms with Gasteiger partial charge in [0.05, 0.1) is 10.5 Å². The molecular weight excluding hydrogens is 204 g/mol. The summed E-state index contributed by atoms with van der Waals surface area (Å²) >= 11 is 0. The molecule has 1 N–H and O–H groups in total. The second-order valence-corrected chi connectivity index (χ2v) is 7.34. The lowest BCUT2D eigenvalue weighted by atomic mass is 9.86. The summed E-state index contributed by atoms with van der Waals surface area (Å²) in [6.45, 7) is 4.40. The van der Waals surface area contributed by atoms with Crippen LogP contribution in [0.3, 0.4) is 0 Å². The Morgan fingerprint density at radius 3 is 2.21 bits per heavy atom. The van der Waals surface area contributed by atoms with Gasteiger partial charge in [0.25, 0.3) is 0 Å². The number of hydrogen-bond acceptors (Lipinski definition) is 4. The van der Waals surface area contributed by atoms with Gasteiger partial charge in [-0.1, -0.05) is 0 Å². The molecule has 1 unspecified atom stereocenters.